The van der Waals surface area contributed by atoms with Crippen LogP contribution in [0.15, 0.2) is 24.3 Å². The van der Waals surface area contributed by atoms with Crippen LogP contribution in [-0.2, 0) is 13.1 Å². The zero-order valence-corrected chi connectivity index (χ0v) is 15.9. The zero-order chi connectivity index (χ0) is 18.8. The first-order valence-corrected chi connectivity index (χ1v) is 8.44. The van der Waals surface area contributed by atoms with E-state index in [2.05, 4.69) is 30.7 Å². The first-order valence-electron chi connectivity index (χ1n) is 8.44. The van der Waals surface area contributed by atoms with Gasteiger partial charge >= 0.3 is 5.97 Å². The highest BCUT2D eigenvalue weighted by Gasteiger charge is 2.23. The molecule has 0 radical (unpaired) electrons. The SMILES string of the molecule is COc1ccc(Cn2c(C)c(CNC(C)(C)C)c(C(=O)O)c2C)cc1. The van der Waals surface area contributed by atoms with Gasteiger partial charge in [-0.05, 0) is 52.3 Å². The lowest BCUT2D eigenvalue weighted by atomic mass is 10.1. The van der Waals surface area contributed by atoms with Gasteiger partial charge in [0, 0.05) is 35.6 Å². The number of hydrogen-bond acceptors (Lipinski definition) is 3. The summed E-state index contributed by atoms with van der Waals surface area (Å²) in [6.07, 6.45) is 0. The highest BCUT2D eigenvalue weighted by atomic mass is 16.5. The van der Waals surface area contributed by atoms with Crippen molar-refractivity contribution in [2.45, 2.75) is 53.2 Å². The van der Waals surface area contributed by atoms with Crippen LogP contribution >= 0.6 is 0 Å². The van der Waals surface area contributed by atoms with Gasteiger partial charge in [0.2, 0.25) is 0 Å². The quantitative estimate of drug-likeness (QED) is 0.838. The van der Waals surface area contributed by atoms with E-state index in [4.69, 9.17) is 4.74 Å². The Balaban J connectivity index is 2.38. The van der Waals surface area contributed by atoms with E-state index in [0.29, 0.717) is 18.7 Å². The molecule has 0 atom stereocenters. The molecule has 0 aliphatic carbocycles. The van der Waals surface area contributed by atoms with Crippen LogP contribution in [0, 0.1) is 13.8 Å². The monoisotopic (exact) mass is 344 g/mol. The van der Waals surface area contributed by atoms with E-state index in [1.54, 1.807) is 7.11 Å². The van der Waals surface area contributed by atoms with Gasteiger partial charge in [0.05, 0.1) is 12.7 Å². The van der Waals surface area contributed by atoms with Crippen molar-refractivity contribution in [3.8, 4) is 5.75 Å². The van der Waals surface area contributed by atoms with Gasteiger partial charge in [-0.15, -0.1) is 0 Å². The molecule has 0 aliphatic heterocycles. The molecular weight excluding hydrogens is 316 g/mol. The maximum atomic E-state index is 11.8. The summed E-state index contributed by atoms with van der Waals surface area (Å²) in [5, 5.41) is 13.1. The Morgan fingerprint density at radius 2 is 1.76 bits per heavy atom. The number of benzene rings is 1. The molecule has 2 rings (SSSR count). The first-order chi connectivity index (χ1) is 11.6. The summed E-state index contributed by atoms with van der Waals surface area (Å²) >= 11 is 0. The molecule has 5 heteroatoms. The second kappa shape index (κ2) is 7.31. The molecule has 1 aromatic heterocycles. The van der Waals surface area contributed by atoms with Gasteiger partial charge in [0.25, 0.3) is 0 Å². The van der Waals surface area contributed by atoms with Gasteiger partial charge < -0.3 is 19.7 Å². The van der Waals surface area contributed by atoms with E-state index in [9.17, 15) is 9.90 Å². The number of hydrogen-bond donors (Lipinski definition) is 2. The lowest BCUT2D eigenvalue weighted by Gasteiger charge is -2.21. The molecule has 1 aromatic carbocycles. The number of carboxylic acids is 1. The molecule has 2 N–H and O–H groups in total. The fraction of sp³-hybridized carbons (Fsp3) is 0.450. The minimum Gasteiger partial charge on any atom is -0.497 e. The lowest BCUT2D eigenvalue weighted by molar-refractivity contribution is 0.0694. The van der Waals surface area contributed by atoms with E-state index >= 15 is 0 Å². The summed E-state index contributed by atoms with van der Waals surface area (Å²) in [4.78, 5) is 11.8. The number of carboxylic acid groups (broad SMARTS) is 1. The van der Waals surface area contributed by atoms with Gasteiger partial charge in [-0.2, -0.15) is 0 Å². The molecule has 136 valence electrons. The Kier molecular flexibility index (Phi) is 5.58. The first kappa shape index (κ1) is 19.1. The van der Waals surface area contributed by atoms with E-state index in [0.717, 1.165) is 28.3 Å². The Bertz CT molecular complexity index is 753. The number of aromatic nitrogens is 1. The van der Waals surface area contributed by atoms with E-state index < -0.39 is 5.97 Å². The Labute approximate surface area is 149 Å². The van der Waals surface area contributed by atoms with Crippen LogP contribution in [0.25, 0.3) is 0 Å². The standard InChI is InChI=1S/C20H28N2O3/c1-13-17(11-21-20(3,4)5)18(19(23)24)14(2)22(13)12-15-7-9-16(25-6)10-8-15/h7-10,21H,11-12H2,1-6H3,(H,23,24). The van der Waals surface area contributed by atoms with Gasteiger partial charge in [0.15, 0.2) is 0 Å². The molecule has 0 spiro atoms. The fourth-order valence-electron chi connectivity index (χ4n) is 2.95. The number of rotatable bonds is 6. The van der Waals surface area contributed by atoms with Crippen LogP contribution in [-0.4, -0.2) is 28.3 Å². The van der Waals surface area contributed by atoms with Crippen LogP contribution in [0.5, 0.6) is 5.75 Å². The second-order valence-corrected chi connectivity index (χ2v) is 7.37. The maximum Gasteiger partial charge on any atom is 0.337 e. The van der Waals surface area contributed by atoms with Crippen LogP contribution in [0.3, 0.4) is 0 Å². The molecule has 1 heterocycles. The van der Waals surface area contributed by atoms with Crippen molar-refractivity contribution in [2.75, 3.05) is 7.11 Å². The topological polar surface area (TPSA) is 63.5 Å². The third-order valence-electron chi connectivity index (χ3n) is 4.42. The number of methoxy groups -OCH3 is 1. The normalized spacial score (nSPS) is 11.6. The van der Waals surface area contributed by atoms with Crippen molar-refractivity contribution in [1.82, 2.24) is 9.88 Å². The molecule has 2 aromatic rings. The van der Waals surface area contributed by atoms with Crippen molar-refractivity contribution >= 4 is 5.97 Å². The second-order valence-electron chi connectivity index (χ2n) is 7.37. The van der Waals surface area contributed by atoms with Gasteiger partial charge in [-0.3, -0.25) is 0 Å². The van der Waals surface area contributed by atoms with Crippen LogP contribution in [0.4, 0.5) is 0 Å². The number of nitrogens with one attached hydrogen (secondary N) is 1. The average molecular weight is 344 g/mol. The number of aromatic carboxylic acids is 1. The largest absolute Gasteiger partial charge is 0.497 e. The Morgan fingerprint density at radius 3 is 2.24 bits per heavy atom. The molecule has 25 heavy (non-hydrogen) atoms. The summed E-state index contributed by atoms with van der Waals surface area (Å²) in [6, 6.07) is 7.85. The van der Waals surface area contributed by atoms with Crippen molar-refractivity contribution in [3.63, 3.8) is 0 Å². The molecule has 0 bridgehead atoms. The number of nitrogens with zero attached hydrogens (tertiary/aromatic N) is 1. The highest BCUT2D eigenvalue weighted by molar-refractivity contribution is 5.91. The van der Waals surface area contributed by atoms with Crippen molar-refractivity contribution < 1.29 is 14.6 Å². The molecule has 0 saturated heterocycles. The zero-order valence-electron chi connectivity index (χ0n) is 15.9. The lowest BCUT2D eigenvalue weighted by Crippen LogP contribution is -2.35. The Morgan fingerprint density at radius 1 is 1.16 bits per heavy atom. The van der Waals surface area contributed by atoms with Crippen LogP contribution in [0.2, 0.25) is 0 Å². The number of carbonyl (C=O) groups is 1. The third kappa shape index (κ3) is 4.42. The summed E-state index contributed by atoms with van der Waals surface area (Å²) in [6.45, 7) is 11.3. The van der Waals surface area contributed by atoms with Gasteiger partial charge in [-0.1, -0.05) is 12.1 Å². The van der Waals surface area contributed by atoms with E-state index in [-0.39, 0.29) is 5.54 Å². The minimum absolute atomic E-state index is 0.0752. The smallest absolute Gasteiger partial charge is 0.337 e. The van der Waals surface area contributed by atoms with E-state index in [1.165, 1.54) is 0 Å². The molecule has 0 aliphatic rings. The minimum atomic E-state index is -0.875. The maximum absolute atomic E-state index is 11.8. The van der Waals surface area contributed by atoms with E-state index in [1.807, 2.05) is 38.1 Å². The predicted molar refractivity (Wildman–Crippen MR) is 99.6 cm³/mol. The third-order valence-corrected chi connectivity index (χ3v) is 4.42. The Hall–Kier alpha value is -2.27. The van der Waals surface area contributed by atoms with Crippen LogP contribution in [0.1, 0.15) is 53.6 Å². The molecule has 0 fully saturated rings. The molecular formula is C20H28N2O3. The molecule has 0 unspecified atom stereocenters. The molecule has 5 nitrogen and oxygen atoms in total. The average Bonchev–Trinajstić information content (AvgIpc) is 2.77. The van der Waals surface area contributed by atoms with Crippen molar-refractivity contribution in [2.24, 2.45) is 0 Å². The number of ether oxygens (including phenoxy) is 1. The van der Waals surface area contributed by atoms with Gasteiger partial charge in [0.1, 0.15) is 5.75 Å². The highest BCUT2D eigenvalue weighted by Crippen LogP contribution is 2.25. The summed E-state index contributed by atoms with van der Waals surface area (Å²) in [5.41, 5.74) is 4.06. The summed E-state index contributed by atoms with van der Waals surface area (Å²) < 4.78 is 7.27. The van der Waals surface area contributed by atoms with Crippen molar-refractivity contribution in [3.05, 3.63) is 52.3 Å². The summed E-state index contributed by atoms with van der Waals surface area (Å²) in [7, 11) is 1.64. The van der Waals surface area contributed by atoms with Crippen LogP contribution < -0.4 is 10.1 Å². The fourth-order valence-corrected chi connectivity index (χ4v) is 2.95. The molecule has 0 amide bonds. The van der Waals surface area contributed by atoms with Crippen molar-refractivity contribution in [1.29, 1.82) is 0 Å². The predicted octanol–water partition coefficient (Wildman–Crippen LogP) is 3.75. The van der Waals surface area contributed by atoms with Gasteiger partial charge in [-0.25, -0.2) is 4.79 Å². The molecule has 0 saturated carbocycles. The summed E-state index contributed by atoms with van der Waals surface area (Å²) in [5.74, 6) is -0.0641.